The molecule has 0 saturated heterocycles. The van der Waals surface area contributed by atoms with Gasteiger partial charge in [-0.1, -0.05) is 30.3 Å². The number of carboxylic acid groups (broad SMARTS) is 1. The molecule has 0 aromatic heterocycles. The standard InChI is InChI=1S/C15H21NO4/c1-5-16(14(19)20-15(2,3)4)12(13(17)18)11-9-7-6-8-10-11/h6-10,12H,5H2,1-4H3,(H,17,18)/t12-/m0/s1. The van der Waals surface area contributed by atoms with Gasteiger partial charge in [-0.3, -0.25) is 4.90 Å². The van der Waals surface area contributed by atoms with Crippen LogP contribution in [-0.4, -0.2) is 34.2 Å². The molecule has 110 valence electrons. The molecule has 0 aliphatic carbocycles. The number of carbonyl (C=O) groups excluding carboxylic acids is 1. The Labute approximate surface area is 119 Å². The summed E-state index contributed by atoms with van der Waals surface area (Å²) >= 11 is 0. The molecule has 1 aromatic rings. The summed E-state index contributed by atoms with van der Waals surface area (Å²) in [6.45, 7) is 7.22. The number of amides is 1. The van der Waals surface area contributed by atoms with Crippen LogP contribution in [0.4, 0.5) is 4.79 Å². The Morgan fingerprint density at radius 1 is 1.25 bits per heavy atom. The van der Waals surface area contributed by atoms with Crippen LogP contribution in [0.25, 0.3) is 0 Å². The van der Waals surface area contributed by atoms with Crippen molar-refractivity contribution in [1.82, 2.24) is 4.90 Å². The fourth-order valence-electron chi connectivity index (χ4n) is 1.83. The van der Waals surface area contributed by atoms with Gasteiger partial charge in [0.25, 0.3) is 0 Å². The number of carboxylic acids is 1. The fourth-order valence-corrected chi connectivity index (χ4v) is 1.83. The number of carbonyl (C=O) groups is 2. The van der Waals surface area contributed by atoms with Gasteiger partial charge in [0.15, 0.2) is 6.04 Å². The molecule has 0 aliphatic heterocycles. The minimum atomic E-state index is -1.08. The van der Waals surface area contributed by atoms with Crippen LogP contribution in [0.3, 0.4) is 0 Å². The maximum Gasteiger partial charge on any atom is 0.411 e. The van der Waals surface area contributed by atoms with E-state index in [1.165, 1.54) is 4.90 Å². The van der Waals surface area contributed by atoms with E-state index in [2.05, 4.69) is 0 Å². The molecule has 5 heteroatoms. The van der Waals surface area contributed by atoms with Crippen molar-refractivity contribution in [2.45, 2.75) is 39.3 Å². The molecule has 0 heterocycles. The second-order valence-electron chi connectivity index (χ2n) is 5.42. The van der Waals surface area contributed by atoms with Crippen molar-refractivity contribution in [2.75, 3.05) is 6.54 Å². The molecule has 0 aliphatic rings. The lowest BCUT2D eigenvalue weighted by molar-refractivity contribution is -0.143. The van der Waals surface area contributed by atoms with Gasteiger partial charge in [0.1, 0.15) is 5.60 Å². The Balaban J connectivity index is 3.05. The van der Waals surface area contributed by atoms with Gasteiger partial charge < -0.3 is 9.84 Å². The smallest absolute Gasteiger partial charge is 0.411 e. The van der Waals surface area contributed by atoms with Crippen molar-refractivity contribution < 1.29 is 19.4 Å². The largest absolute Gasteiger partial charge is 0.479 e. The topological polar surface area (TPSA) is 66.8 Å². The molecule has 0 bridgehead atoms. The quantitative estimate of drug-likeness (QED) is 0.919. The van der Waals surface area contributed by atoms with Gasteiger partial charge >= 0.3 is 12.1 Å². The second kappa shape index (κ2) is 6.41. The van der Waals surface area contributed by atoms with E-state index in [9.17, 15) is 14.7 Å². The highest BCUT2D eigenvalue weighted by atomic mass is 16.6. The molecule has 1 atom stereocenters. The number of hydrogen-bond acceptors (Lipinski definition) is 3. The first-order valence-corrected chi connectivity index (χ1v) is 6.53. The average Bonchev–Trinajstić information content (AvgIpc) is 2.33. The minimum Gasteiger partial charge on any atom is -0.479 e. The van der Waals surface area contributed by atoms with Gasteiger partial charge in [0.2, 0.25) is 0 Å². The number of likely N-dealkylation sites (N-methyl/N-ethyl adjacent to an activating group) is 1. The summed E-state index contributed by atoms with van der Waals surface area (Å²) in [6, 6.07) is 7.61. The second-order valence-corrected chi connectivity index (χ2v) is 5.42. The van der Waals surface area contributed by atoms with Gasteiger partial charge in [-0.25, -0.2) is 9.59 Å². The summed E-state index contributed by atoms with van der Waals surface area (Å²) in [4.78, 5) is 24.9. The molecule has 0 radical (unpaired) electrons. The summed E-state index contributed by atoms with van der Waals surface area (Å²) in [5.74, 6) is -1.08. The van der Waals surface area contributed by atoms with Crippen molar-refractivity contribution in [3.05, 3.63) is 35.9 Å². The van der Waals surface area contributed by atoms with E-state index >= 15 is 0 Å². The highest BCUT2D eigenvalue weighted by molar-refractivity contribution is 5.81. The predicted octanol–water partition coefficient (Wildman–Crippen LogP) is 3.07. The van der Waals surface area contributed by atoms with E-state index in [0.717, 1.165) is 0 Å². The third kappa shape index (κ3) is 4.26. The first kappa shape index (κ1) is 16.0. The molecule has 0 unspecified atom stereocenters. The Morgan fingerprint density at radius 2 is 1.80 bits per heavy atom. The lowest BCUT2D eigenvalue weighted by Crippen LogP contribution is -2.42. The van der Waals surface area contributed by atoms with E-state index in [4.69, 9.17) is 4.74 Å². The maximum atomic E-state index is 12.1. The number of hydrogen-bond donors (Lipinski definition) is 1. The molecule has 0 fully saturated rings. The minimum absolute atomic E-state index is 0.251. The van der Waals surface area contributed by atoms with Crippen molar-refractivity contribution in [2.24, 2.45) is 0 Å². The number of benzene rings is 1. The molecule has 1 rings (SSSR count). The zero-order valence-electron chi connectivity index (χ0n) is 12.3. The molecular weight excluding hydrogens is 258 g/mol. The van der Waals surface area contributed by atoms with Crippen molar-refractivity contribution in [1.29, 1.82) is 0 Å². The lowest BCUT2D eigenvalue weighted by Gasteiger charge is -2.30. The van der Waals surface area contributed by atoms with Gasteiger partial charge in [-0.05, 0) is 33.3 Å². The van der Waals surface area contributed by atoms with Gasteiger partial charge in [-0.2, -0.15) is 0 Å². The molecule has 1 amide bonds. The van der Waals surface area contributed by atoms with E-state index in [1.54, 1.807) is 58.0 Å². The van der Waals surface area contributed by atoms with Crippen LogP contribution in [0.1, 0.15) is 39.3 Å². The van der Waals surface area contributed by atoms with Gasteiger partial charge in [0.05, 0.1) is 0 Å². The summed E-state index contributed by atoms with van der Waals surface area (Å²) < 4.78 is 5.27. The molecule has 5 nitrogen and oxygen atoms in total. The average molecular weight is 279 g/mol. The van der Waals surface area contributed by atoms with Crippen LogP contribution in [0, 0.1) is 0 Å². The summed E-state index contributed by atoms with van der Waals surface area (Å²) in [5.41, 5.74) is -0.114. The molecular formula is C15H21NO4. The first-order valence-electron chi connectivity index (χ1n) is 6.53. The van der Waals surface area contributed by atoms with Gasteiger partial charge in [-0.15, -0.1) is 0 Å². The Kier molecular flexibility index (Phi) is 5.13. The normalized spacial score (nSPS) is 12.6. The first-order chi connectivity index (χ1) is 9.26. The van der Waals surface area contributed by atoms with E-state index in [0.29, 0.717) is 5.56 Å². The third-order valence-corrected chi connectivity index (χ3v) is 2.63. The molecule has 0 saturated carbocycles. The lowest BCUT2D eigenvalue weighted by atomic mass is 10.1. The SMILES string of the molecule is CCN(C(=O)OC(C)(C)C)[C@H](C(=O)O)c1ccccc1. The highest BCUT2D eigenvalue weighted by Gasteiger charge is 2.32. The molecule has 20 heavy (non-hydrogen) atoms. The Morgan fingerprint density at radius 3 is 2.20 bits per heavy atom. The monoisotopic (exact) mass is 279 g/mol. The third-order valence-electron chi connectivity index (χ3n) is 2.63. The number of rotatable bonds is 4. The van der Waals surface area contributed by atoms with Crippen LogP contribution in [-0.2, 0) is 9.53 Å². The number of ether oxygens (including phenoxy) is 1. The van der Waals surface area contributed by atoms with Gasteiger partial charge in [0, 0.05) is 6.54 Å². The van der Waals surface area contributed by atoms with Crippen LogP contribution in [0.5, 0.6) is 0 Å². The van der Waals surface area contributed by atoms with Crippen LogP contribution in [0.15, 0.2) is 30.3 Å². The van der Waals surface area contributed by atoms with E-state index < -0.39 is 23.7 Å². The van der Waals surface area contributed by atoms with Crippen molar-refractivity contribution in [3.63, 3.8) is 0 Å². The zero-order valence-corrected chi connectivity index (χ0v) is 12.3. The van der Waals surface area contributed by atoms with Crippen molar-refractivity contribution in [3.8, 4) is 0 Å². The van der Waals surface area contributed by atoms with Crippen LogP contribution >= 0.6 is 0 Å². The van der Waals surface area contributed by atoms with E-state index in [1.807, 2.05) is 0 Å². The molecule has 1 N–H and O–H groups in total. The Hall–Kier alpha value is -2.04. The van der Waals surface area contributed by atoms with E-state index in [-0.39, 0.29) is 6.54 Å². The van der Waals surface area contributed by atoms with Crippen LogP contribution in [0.2, 0.25) is 0 Å². The zero-order chi connectivity index (χ0) is 15.3. The molecule has 1 aromatic carbocycles. The van der Waals surface area contributed by atoms with Crippen molar-refractivity contribution >= 4 is 12.1 Å². The Bertz CT molecular complexity index is 465. The summed E-state index contributed by atoms with van der Waals surface area (Å²) in [7, 11) is 0. The number of nitrogens with zero attached hydrogens (tertiary/aromatic N) is 1. The highest BCUT2D eigenvalue weighted by Crippen LogP contribution is 2.23. The maximum absolute atomic E-state index is 12.1. The summed E-state index contributed by atoms with van der Waals surface area (Å²) in [5, 5.41) is 9.43. The fraction of sp³-hybridized carbons (Fsp3) is 0.467. The van der Waals surface area contributed by atoms with Crippen LogP contribution < -0.4 is 0 Å². The summed E-state index contributed by atoms with van der Waals surface area (Å²) in [6.07, 6.45) is -0.628. The predicted molar refractivity (Wildman–Crippen MR) is 75.4 cm³/mol. The molecule has 0 spiro atoms. The number of aliphatic carboxylic acids is 1.